The topological polar surface area (TPSA) is 99.7 Å². The van der Waals surface area contributed by atoms with Crippen molar-refractivity contribution >= 4 is 11.7 Å². The van der Waals surface area contributed by atoms with Crippen LogP contribution in [0.3, 0.4) is 0 Å². The molecule has 0 bridgehead atoms. The fourth-order valence-electron chi connectivity index (χ4n) is 1.37. The van der Waals surface area contributed by atoms with Crippen LogP contribution in [0, 0.1) is 0 Å². The number of imidazole rings is 1. The summed E-state index contributed by atoms with van der Waals surface area (Å²) in [5.41, 5.74) is 5.34. The average molecular weight is 238 g/mol. The van der Waals surface area contributed by atoms with E-state index in [2.05, 4.69) is 34.2 Å². The van der Waals surface area contributed by atoms with Crippen LogP contribution in [0.4, 0.5) is 5.82 Å². The molecule has 1 aromatic rings. The van der Waals surface area contributed by atoms with Gasteiger partial charge in [0, 0.05) is 13.1 Å². The first kappa shape index (κ1) is 13.1. The van der Waals surface area contributed by atoms with Crippen molar-refractivity contribution < 1.29 is 4.79 Å². The van der Waals surface area contributed by atoms with Crippen molar-refractivity contribution in [1.29, 1.82) is 0 Å². The van der Waals surface area contributed by atoms with Gasteiger partial charge in [0.25, 0.3) is 5.91 Å². The second-order valence-corrected chi connectivity index (χ2v) is 3.61. The number of nitrogens with two attached hydrogens (primary N) is 1. The van der Waals surface area contributed by atoms with Gasteiger partial charge in [0.15, 0.2) is 5.69 Å². The van der Waals surface area contributed by atoms with E-state index in [-0.39, 0.29) is 11.5 Å². The normalized spacial score (nSPS) is 10.9. The zero-order valence-electron chi connectivity index (χ0n) is 10.2. The van der Waals surface area contributed by atoms with E-state index in [0.717, 1.165) is 25.9 Å². The van der Waals surface area contributed by atoms with Crippen LogP contribution < -0.4 is 5.73 Å². The zero-order chi connectivity index (χ0) is 12.7. The van der Waals surface area contributed by atoms with Crippen LogP contribution >= 0.6 is 0 Å². The highest BCUT2D eigenvalue weighted by Gasteiger charge is 2.10. The highest BCUT2D eigenvalue weighted by atomic mass is 16.1. The van der Waals surface area contributed by atoms with Gasteiger partial charge in [-0.2, -0.15) is 0 Å². The molecule has 0 unspecified atom stereocenters. The summed E-state index contributed by atoms with van der Waals surface area (Å²) in [6.45, 7) is 5.80. The van der Waals surface area contributed by atoms with Crippen molar-refractivity contribution in [2.45, 2.75) is 26.7 Å². The Labute approximate surface area is 100 Å². The van der Waals surface area contributed by atoms with Crippen molar-refractivity contribution in [3.05, 3.63) is 12.0 Å². The highest BCUT2D eigenvalue weighted by Crippen LogP contribution is 2.13. The van der Waals surface area contributed by atoms with Crippen LogP contribution in [0.25, 0.3) is 0 Å². The molecule has 0 aliphatic heterocycles. The Kier molecular flexibility index (Phi) is 5.12. The molecule has 94 valence electrons. The van der Waals surface area contributed by atoms with Crippen LogP contribution in [0.5, 0.6) is 0 Å². The average Bonchev–Trinajstić information content (AvgIpc) is 2.74. The number of nitrogens with zero attached hydrogens (tertiary/aromatic N) is 4. The van der Waals surface area contributed by atoms with E-state index in [1.807, 2.05) is 5.01 Å². The van der Waals surface area contributed by atoms with Gasteiger partial charge in [-0.1, -0.05) is 19.1 Å². The quantitative estimate of drug-likeness (QED) is 0.557. The number of amides is 1. The number of hydrogen-bond donors (Lipinski definition) is 2. The molecule has 0 aliphatic carbocycles. The number of rotatable bonds is 7. The minimum absolute atomic E-state index is 0.182. The summed E-state index contributed by atoms with van der Waals surface area (Å²) in [6, 6.07) is 0. The summed E-state index contributed by atoms with van der Waals surface area (Å²) < 4.78 is 0. The maximum absolute atomic E-state index is 11.0. The third-order valence-corrected chi connectivity index (χ3v) is 2.10. The molecule has 1 aromatic heterocycles. The van der Waals surface area contributed by atoms with E-state index in [4.69, 9.17) is 5.73 Å². The fourth-order valence-corrected chi connectivity index (χ4v) is 1.37. The largest absolute Gasteiger partial charge is 0.364 e. The van der Waals surface area contributed by atoms with Gasteiger partial charge in [-0.25, -0.2) is 4.98 Å². The lowest BCUT2D eigenvalue weighted by Crippen LogP contribution is -2.18. The number of aromatic amines is 1. The Morgan fingerprint density at radius 2 is 2.12 bits per heavy atom. The van der Waals surface area contributed by atoms with Gasteiger partial charge in [0.2, 0.25) is 5.82 Å². The zero-order valence-corrected chi connectivity index (χ0v) is 10.2. The lowest BCUT2D eigenvalue weighted by molar-refractivity contribution is 0.0996. The van der Waals surface area contributed by atoms with Gasteiger partial charge < -0.3 is 10.7 Å². The number of H-pyrrole nitrogens is 1. The second kappa shape index (κ2) is 6.62. The number of aromatic nitrogens is 2. The molecule has 0 radical (unpaired) electrons. The first-order chi connectivity index (χ1) is 8.19. The molecule has 0 saturated carbocycles. The second-order valence-electron chi connectivity index (χ2n) is 3.61. The highest BCUT2D eigenvalue weighted by molar-refractivity contribution is 5.94. The van der Waals surface area contributed by atoms with Crippen LogP contribution in [0.1, 0.15) is 37.2 Å². The van der Waals surface area contributed by atoms with Crippen LogP contribution in [-0.2, 0) is 0 Å². The SMILES string of the molecule is CCCN(CCC)/N=N/c1nc[nH]c1C(N)=O. The Balaban J connectivity index is 2.73. The van der Waals surface area contributed by atoms with Gasteiger partial charge in [0.05, 0.1) is 6.33 Å². The number of carbonyl (C=O) groups is 1. The molecule has 0 aliphatic rings. The van der Waals surface area contributed by atoms with E-state index >= 15 is 0 Å². The summed E-state index contributed by atoms with van der Waals surface area (Å²) in [6.07, 6.45) is 3.35. The van der Waals surface area contributed by atoms with Gasteiger partial charge in [-0.15, -0.1) is 5.11 Å². The van der Waals surface area contributed by atoms with E-state index in [1.165, 1.54) is 6.33 Å². The van der Waals surface area contributed by atoms with Gasteiger partial charge >= 0.3 is 0 Å². The molecule has 0 spiro atoms. The maximum Gasteiger partial charge on any atom is 0.269 e. The van der Waals surface area contributed by atoms with E-state index < -0.39 is 5.91 Å². The molecular weight excluding hydrogens is 220 g/mol. The van der Waals surface area contributed by atoms with Crippen molar-refractivity contribution in [3.8, 4) is 0 Å². The van der Waals surface area contributed by atoms with E-state index in [9.17, 15) is 4.79 Å². The molecule has 1 heterocycles. The first-order valence-electron chi connectivity index (χ1n) is 5.68. The molecule has 17 heavy (non-hydrogen) atoms. The summed E-state index contributed by atoms with van der Waals surface area (Å²) in [5, 5.41) is 9.84. The lowest BCUT2D eigenvalue weighted by Gasteiger charge is -2.14. The van der Waals surface area contributed by atoms with Crippen molar-refractivity contribution in [3.63, 3.8) is 0 Å². The maximum atomic E-state index is 11.0. The molecule has 0 aromatic carbocycles. The van der Waals surface area contributed by atoms with Gasteiger partial charge in [-0.05, 0) is 12.8 Å². The minimum Gasteiger partial charge on any atom is -0.364 e. The molecule has 3 N–H and O–H groups in total. The Morgan fingerprint density at radius 3 is 2.65 bits per heavy atom. The molecule has 7 nitrogen and oxygen atoms in total. The Hall–Kier alpha value is -1.92. The summed E-state index contributed by atoms with van der Waals surface area (Å²) >= 11 is 0. The number of carbonyl (C=O) groups excluding carboxylic acids is 1. The Morgan fingerprint density at radius 1 is 1.47 bits per heavy atom. The van der Waals surface area contributed by atoms with E-state index in [1.54, 1.807) is 0 Å². The van der Waals surface area contributed by atoms with E-state index in [0.29, 0.717) is 0 Å². The third-order valence-electron chi connectivity index (χ3n) is 2.10. The number of nitrogens with one attached hydrogen (secondary N) is 1. The molecule has 1 amide bonds. The minimum atomic E-state index is -0.589. The number of primary amides is 1. The number of hydrogen-bond acceptors (Lipinski definition) is 4. The lowest BCUT2D eigenvalue weighted by atomic mass is 10.4. The molecular formula is C10H18N6O. The monoisotopic (exact) mass is 238 g/mol. The third kappa shape index (κ3) is 3.86. The molecule has 1 rings (SSSR count). The van der Waals surface area contributed by atoms with Crippen molar-refractivity contribution in [1.82, 2.24) is 15.0 Å². The summed E-state index contributed by atoms with van der Waals surface area (Å²) in [5.74, 6) is -0.358. The molecule has 7 heteroatoms. The van der Waals surface area contributed by atoms with Crippen molar-refractivity contribution in [2.75, 3.05) is 13.1 Å². The van der Waals surface area contributed by atoms with Crippen molar-refractivity contribution in [2.24, 2.45) is 16.1 Å². The summed E-state index contributed by atoms with van der Waals surface area (Å²) in [7, 11) is 0. The molecule has 0 fully saturated rings. The van der Waals surface area contributed by atoms with Crippen LogP contribution in [-0.4, -0.2) is 34.0 Å². The van der Waals surface area contributed by atoms with Gasteiger partial charge in [0.1, 0.15) is 0 Å². The predicted octanol–water partition coefficient (Wildman–Crippen LogP) is 1.63. The molecule has 0 atom stereocenters. The standard InChI is InChI=1S/C10H18N6O/c1-3-5-16(6-4-2)15-14-10-8(9(11)17)12-7-13-10/h7H,3-6H2,1-2H3,(H2,11,17)(H,12,13)/b15-14+. The van der Waals surface area contributed by atoms with Gasteiger partial charge in [-0.3, -0.25) is 9.80 Å². The van der Waals surface area contributed by atoms with Crippen LogP contribution in [0.2, 0.25) is 0 Å². The summed E-state index contributed by atoms with van der Waals surface area (Å²) in [4.78, 5) is 17.5. The fraction of sp³-hybridized carbons (Fsp3) is 0.600. The molecule has 0 saturated heterocycles. The first-order valence-corrected chi connectivity index (χ1v) is 5.68. The Bertz CT molecular complexity index is 380. The van der Waals surface area contributed by atoms with Crippen LogP contribution in [0.15, 0.2) is 16.7 Å². The smallest absolute Gasteiger partial charge is 0.269 e. The predicted molar refractivity (Wildman–Crippen MR) is 63.8 cm³/mol.